The number of nitrogens with one attached hydrogen (secondary N) is 2. The van der Waals surface area contributed by atoms with Crippen molar-refractivity contribution in [3.05, 3.63) is 17.0 Å². The van der Waals surface area contributed by atoms with Gasteiger partial charge in [0.1, 0.15) is 0 Å². The maximum absolute atomic E-state index is 12.0. The molecule has 0 spiro atoms. The van der Waals surface area contributed by atoms with Crippen LogP contribution in [0.25, 0.3) is 0 Å². The Balaban J connectivity index is 1.87. The van der Waals surface area contributed by atoms with E-state index in [0.29, 0.717) is 13.0 Å². The summed E-state index contributed by atoms with van der Waals surface area (Å²) in [5.41, 5.74) is 2.67. The third-order valence-corrected chi connectivity index (χ3v) is 4.41. The highest BCUT2D eigenvalue weighted by Crippen LogP contribution is 2.29. The van der Waals surface area contributed by atoms with Crippen LogP contribution in [0.3, 0.4) is 0 Å². The number of carboxylic acids is 1. The van der Waals surface area contributed by atoms with Crippen molar-refractivity contribution in [1.82, 2.24) is 15.5 Å². The van der Waals surface area contributed by atoms with E-state index in [4.69, 9.17) is 0 Å². The monoisotopic (exact) mass is 293 g/mol. The van der Waals surface area contributed by atoms with Crippen molar-refractivity contribution in [3.63, 3.8) is 0 Å². The third kappa shape index (κ3) is 3.83. The number of rotatable bonds is 5. The summed E-state index contributed by atoms with van der Waals surface area (Å²) in [4.78, 5) is 23.3. The summed E-state index contributed by atoms with van der Waals surface area (Å²) in [6.07, 6.45) is 3.90. The minimum atomic E-state index is -0.740. The second kappa shape index (κ2) is 6.74. The molecule has 1 saturated carbocycles. The maximum atomic E-state index is 12.0. The number of amides is 1. The number of carbonyl (C=O) groups is 2. The average molecular weight is 293 g/mol. The molecule has 0 saturated heterocycles. The van der Waals surface area contributed by atoms with Gasteiger partial charge in [-0.25, -0.2) is 0 Å². The molecule has 2 unspecified atom stereocenters. The van der Waals surface area contributed by atoms with E-state index in [1.807, 2.05) is 13.8 Å². The van der Waals surface area contributed by atoms with Gasteiger partial charge in [0.05, 0.1) is 18.0 Å². The molecule has 1 aromatic heterocycles. The van der Waals surface area contributed by atoms with Gasteiger partial charge in [-0.15, -0.1) is 0 Å². The number of aromatic amines is 1. The molecule has 1 amide bonds. The summed E-state index contributed by atoms with van der Waals surface area (Å²) in [6.45, 7) is 4.21. The molecule has 0 aromatic carbocycles. The van der Waals surface area contributed by atoms with Gasteiger partial charge >= 0.3 is 5.97 Å². The largest absolute Gasteiger partial charge is 0.481 e. The van der Waals surface area contributed by atoms with Crippen LogP contribution < -0.4 is 5.32 Å². The van der Waals surface area contributed by atoms with Crippen molar-refractivity contribution in [2.24, 2.45) is 11.8 Å². The van der Waals surface area contributed by atoms with Crippen molar-refractivity contribution in [1.29, 1.82) is 0 Å². The van der Waals surface area contributed by atoms with Crippen LogP contribution in [0.5, 0.6) is 0 Å². The SMILES string of the molecule is Cc1n[nH]c(C)c1CC(=O)NCC1CCCCC1C(=O)O. The molecular formula is C15H23N3O3. The summed E-state index contributed by atoms with van der Waals surface area (Å²) >= 11 is 0. The quantitative estimate of drug-likeness (QED) is 0.768. The van der Waals surface area contributed by atoms with Gasteiger partial charge in [0, 0.05) is 17.8 Å². The summed E-state index contributed by atoms with van der Waals surface area (Å²) in [5.74, 6) is -1.09. The first-order valence-corrected chi connectivity index (χ1v) is 7.49. The van der Waals surface area contributed by atoms with Crippen LogP contribution in [0.1, 0.15) is 42.6 Å². The lowest BCUT2D eigenvalue weighted by molar-refractivity contribution is -0.145. The molecule has 1 aliphatic carbocycles. The molecule has 1 fully saturated rings. The zero-order valence-electron chi connectivity index (χ0n) is 12.6. The normalized spacial score (nSPS) is 22.0. The van der Waals surface area contributed by atoms with Gasteiger partial charge < -0.3 is 10.4 Å². The van der Waals surface area contributed by atoms with Gasteiger partial charge in [-0.05, 0) is 32.6 Å². The van der Waals surface area contributed by atoms with Crippen LogP contribution >= 0.6 is 0 Å². The average Bonchev–Trinajstić information content (AvgIpc) is 2.77. The van der Waals surface area contributed by atoms with Crippen LogP contribution in [-0.2, 0) is 16.0 Å². The lowest BCUT2D eigenvalue weighted by atomic mass is 9.79. The molecule has 0 radical (unpaired) electrons. The highest BCUT2D eigenvalue weighted by atomic mass is 16.4. The second-order valence-electron chi connectivity index (χ2n) is 5.88. The highest BCUT2D eigenvalue weighted by molar-refractivity contribution is 5.79. The molecule has 0 aliphatic heterocycles. The Morgan fingerprint density at radius 3 is 2.67 bits per heavy atom. The van der Waals surface area contributed by atoms with Crippen molar-refractivity contribution in [2.45, 2.75) is 46.0 Å². The van der Waals surface area contributed by atoms with Crippen molar-refractivity contribution in [2.75, 3.05) is 6.54 Å². The van der Waals surface area contributed by atoms with E-state index < -0.39 is 5.97 Å². The lowest BCUT2D eigenvalue weighted by Gasteiger charge is -2.28. The lowest BCUT2D eigenvalue weighted by Crippen LogP contribution is -2.37. The summed E-state index contributed by atoms with van der Waals surface area (Å²) in [7, 11) is 0. The van der Waals surface area contributed by atoms with Crippen molar-refractivity contribution < 1.29 is 14.7 Å². The zero-order valence-corrected chi connectivity index (χ0v) is 12.6. The Labute approximate surface area is 124 Å². The van der Waals surface area contributed by atoms with Gasteiger partial charge in [0.15, 0.2) is 0 Å². The van der Waals surface area contributed by atoms with Crippen LogP contribution in [0, 0.1) is 25.7 Å². The highest BCUT2D eigenvalue weighted by Gasteiger charge is 2.30. The Bertz CT molecular complexity index is 505. The van der Waals surface area contributed by atoms with Crippen LogP contribution in [0.2, 0.25) is 0 Å². The molecular weight excluding hydrogens is 270 g/mol. The number of aliphatic carboxylic acids is 1. The molecule has 6 nitrogen and oxygen atoms in total. The molecule has 1 aliphatic rings. The van der Waals surface area contributed by atoms with Gasteiger partial charge in [-0.2, -0.15) is 5.10 Å². The van der Waals surface area contributed by atoms with Crippen molar-refractivity contribution >= 4 is 11.9 Å². The molecule has 1 aromatic rings. The molecule has 1 heterocycles. The predicted octanol–water partition coefficient (Wildman–Crippen LogP) is 1.58. The summed E-state index contributed by atoms with van der Waals surface area (Å²) < 4.78 is 0. The fourth-order valence-corrected chi connectivity index (χ4v) is 3.08. The fourth-order valence-electron chi connectivity index (χ4n) is 3.08. The van der Waals surface area contributed by atoms with E-state index in [-0.39, 0.29) is 17.7 Å². The third-order valence-electron chi connectivity index (χ3n) is 4.41. The van der Waals surface area contributed by atoms with Crippen LogP contribution in [0.15, 0.2) is 0 Å². The second-order valence-corrected chi connectivity index (χ2v) is 5.88. The first-order chi connectivity index (χ1) is 9.99. The topological polar surface area (TPSA) is 95.1 Å². The number of carboxylic acid groups (broad SMARTS) is 1. The number of carbonyl (C=O) groups excluding carboxylic acids is 1. The number of hydrogen-bond donors (Lipinski definition) is 3. The number of aromatic nitrogens is 2. The minimum Gasteiger partial charge on any atom is -0.481 e. The molecule has 116 valence electrons. The van der Waals surface area contributed by atoms with Gasteiger partial charge in [0.2, 0.25) is 5.91 Å². The van der Waals surface area contributed by atoms with Gasteiger partial charge in [-0.1, -0.05) is 12.8 Å². The molecule has 6 heteroatoms. The maximum Gasteiger partial charge on any atom is 0.306 e. The first kappa shape index (κ1) is 15.5. The minimum absolute atomic E-state index is 0.0479. The summed E-state index contributed by atoms with van der Waals surface area (Å²) in [6, 6.07) is 0. The molecule has 2 atom stereocenters. The number of nitrogens with zero attached hydrogens (tertiary/aromatic N) is 1. The van der Waals surface area contributed by atoms with Crippen LogP contribution in [-0.4, -0.2) is 33.7 Å². The number of hydrogen-bond acceptors (Lipinski definition) is 3. The van der Waals surface area contributed by atoms with E-state index in [0.717, 1.165) is 42.6 Å². The Hall–Kier alpha value is -1.85. The smallest absolute Gasteiger partial charge is 0.306 e. The van der Waals surface area contributed by atoms with E-state index in [1.165, 1.54) is 0 Å². The molecule has 0 bridgehead atoms. The summed E-state index contributed by atoms with van der Waals surface area (Å²) in [5, 5.41) is 19.0. The van der Waals surface area contributed by atoms with Gasteiger partial charge in [0.25, 0.3) is 0 Å². The van der Waals surface area contributed by atoms with E-state index in [9.17, 15) is 14.7 Å². The fraction of sp³-hybridized carbons (Fsp3) is 0.667. The number of H-pyrrole nitrogens is 1. The zero-order chi connectivity index (χ0) is 15.4. The van der Waals surface area contributed by atoms with Gasteiger partial charge in [-0.3, -0.25) is 14.7 Å². The van der Waals surface area contributed by atoms with E-state index >= 15 is 0 Å². The first-order valence-electron chi connectivity index (χ1n) is 7.49. The predicted molar refractivity (Wildman–Crippen MR) is 77.9 cm³/mol. The Morgan fingerprint density at radius 1 is 1.33 bits per heavy atom. The molecule has 21 heavy (non-hydrogen) atoms. The van der Waals surface area contributed by atoms with Crippen molar-refractivity contribution in [3.8, 4) is 0 Å². The molecule has 3 N–H and O–H groups in total. The Morgan fingerprint density at radius 2 is 2.05 bits per heavy atom. The van der Waals surface area contributed by atoms with E-state index in [2.05, 4.69) is 15.5 Å². The van der Waals surface area contributed by atoms with Crippen LogP contribution in [0.4, 0.5) is 0 Å². The Kier molecular flexibility index (Phi) is 4.98. The molecule has 2 rings (SSSR count). The standard InChI is InChI=1S/C15H23N3O3/c1-9-13(10(2)18-17-9)7-14(19)16-8-11-5-3-4-6-12(11)15(20)21/h11-12H,3-8H2,1-2H3,(H,16,19)(H,17,18)(H,20,21). The number of aryl methyl sites for hydroxylation is 2. The van der Waals surface area contributed by atoms with E-state index in [1.54, 1.807) is 0 Å².